The fourth-order valence-electron chi connectivity index (χ4n) is 3.05. The lowest BCUT2D eigenvalue weighted by Gasteiger charge is -2.06. The lowest BCUT2D eigenvalue weighted by atomic mass is 10.1. The number of rotatable bonds is 6. The molecule has 0 amide bonds. The number of aromatic nitrogens is 1. The Morgan fingerprint density at radius 3 is 3.05 bits per heavy atom. The van der Waals surface area contributed by atoms with Gasteiger partial charge in [0.1, 0.15) is 0 Å². The van der Waals surface area contributed by atoms with Crippen molar-refractivity contribution in [2.24, 2.45) is 11.8 Å². The Hall–Kier alpha value is -1.79. The Morgan fingerprint density at radius 2 is 2.29 bits per heavy atom. The summed E-state index contributed by atoms with van der Waals surface area (Å²) in [5.74, 6) is 2.17. The van der Waals surface area contributed by atoms with Crippen LogP contribution in [0.25, 0.3) is 10.9 Å². The zero-order valence-corrected chi connectivity index (χ0v) is 12.8. The molecule has 21 heavy (non-hydrogen) atoms. The summed E-state index contributed by atoms with van der Waals surface area (Å²) in [6.07, 6.45) is 4.64. The van der Waals surface area contributed by atoms with Crippen LogP contribution in [0.2, 0.25) is 0 Å². The second-order valence-electron chi connectivity index (χ2n) is 6.61. The monoisotopic (exact) mass is 281 g/mol. The fraction of sp³-hybridized carbons (Fsp3) is 0.500. The highest BCUT2D eigenvalue weighted by Gasteiger charge is 2.39. The van der Waals surface area contributed by atoms with Crippen molar-refractivity contribution in [2.45, 2.75) is 32.6 Å². The van der Waals surface area contributed by atoms with E-state index in [9.17, 15) is 0 Å². The maximum Gasteiger partial charge on any atom is 0.0991 e. The van der Waals surface area contributed by atoms with Gasteiger partial charge in [-0.2, -0.15) is 5.26 Å². The minimum Gasteiger partial charge on any atom is -0.361 e. The largest absolute Gasteiger partial charge is 0.361 e. The van der Waals surface area contributed by atoms with Crippen LogP contribution in [-0.2, 0) is 0 Å². The summed E-state index contributed by atoms with van der Waals surface area (Å²) < 4.78 is 0. The predicted octanol–water partition coefficient (Wildman–Crippen LogP) is 3.78. The molecule has 0 radical (unpaired) electrons. The lowest BCUT2D eigenvalue weighted by Crippen LogP contribution is -2.19. The smallest absolute Gasteiger partial charge is 0.0991 e. The van der Waals surface area contributed by atoms with Crippen LogP contribution >= 0.6 is 0 Å². The maximum absolute atomic E-state index is 9.05. The van der Waals surface area contributed by atoms with Crippen molar-refractivity contribution in [1.82, 2.24) is 10.3 Å². The van der Waals surface area contributed by atoms with Gasteiger partial charge in [-0.25, -0.2) is 0 Å². The van der Waals surface area contributed by atoms with Crippen molar-refractivity contribution in [3.8, 4) is 6.07 Å². The molecule has 2 aromatic rings. The van der Waals surface area contributed by atoms with Gasteiger partial charge in [0.05, 0.1) is 11.6 Å². The fourth-order valence-corrected chi connectivity index (χ4v) is 3.05. The molecule has 1 aliphatic rings. The van der Waals surface area contributed by atoms with Crippen LogP contribution in [0.1, 0.15) is 43.7 Å². The van der Waals surface area contributed by atoms with Crippen molar-refractivity contribution < 1.29 is 0 Å². The van der Waals surface area contributed by atoms with E-state index in [4.69, 9.17) is 5.26 Å². The number of hydrogen-bond donors (Lipinski definition) is 2. The zero-order valence-electron chi connectivity index (χ0n) is 12.8. The first kappa shape index (κ1) is 14.2. The Morgan fingerprint density at radius 1 is 1.43 bits per heavy atom. The highest BCUT2D eigenvalue weighted by Crippen LogP contribution is 2.49. The van der Waals surface area contributed by atoms with Gasteiger partial charge in [-0.1, -0.05) is 13.8 Å². The molecule has 0 aliphatic heterocycles. The van der Waals surface area contributed by atoms with Crippen molar-refractivity contribution in [1.29, 1.82) is 5.26 Å². The Labute approximate surface area is 126 Å². The van der Waals surface area contributed by atoms with Crippen LogP contribution in [0.3, 0.4) is 0 Å². The topological polar surface area (TPSA) is 51.6 Å². The van der Waals surface area contributed by atoms with Crippen LogP contribution in [-0.4, -0.2) is 18.1 Å². The first-order chi connectivity index (χ1) is 10.2. The van der Waals surface area contributed by atoms with Gasteiger partial charge in [0.2, 0.25) is 0 Å². The normalized spacial score (nSPS) is 20.9. The van der Waals surface area contributed by atoms with E-state index in [1.54, 1.807) is 0 Å². The zero-order chi connectivity index (χ0) is 14.8. The molecule has 110 valence electrons. The lowest BCUT2D eigenvalue weighted by molar-refractivity contribution is 0.525. The Bertz CT molecular complexity index is 663. The third-order valence-corrected chi connectivity index (χ3v) is 4.47. The molecule has 2 atom stereocenters. The second-order valence-corrected chi connectivity index (χ2v) is 6.61. The van der Waals surface area contributed by atoms with Gasteiger partial charge >= 0.3 is 0 Å². The van der Waals surface area contributed by atoms with Gasteiger partial charge in [0.15, 0.2) is 0 Å². The molecule has 1 aromatic heterocycles. The number of H-pyrrole nitrogens is 1. The number of benzene rings is 1. The standard InChI is InChI=1S/C18H23N3/c1-12(2)5-6-20-10-14-8-15(14)17-11-21-18-4-3-13(9-19)7-16(17)18/h3-4,7,11-12,14-15,20-21H,5-6,8,10H2,1-2H3. The minimum absolute atomic E-state index is 0.652. The number of nitrogens with zero attached hydrogens (tertiary/aromatic N) is 1. The van der Waals surface area contributed by atoms with Crippen LogP contribution in [0.15, 0.2) is 24.4 Å². The van der Waals surface area contributed by atoms with Crippen molar-refractivity contribution in [3.63, 3.8) is 0 Å². The highest BCUT2D eigenvalue weighted by atomic mass is 14.9. The molecule has 1 heterocycles. The van der Waals surface area contributed by atoms with Gasteiger partial charge in [-0.15, -0.1) is 0 Å². The second kappa shape index (κ2) is 5.91. The summed E-state index contributed by atoms with van der Waals surface area (Å²) in [4.78, 5) is 3.33. The van der Waals surface area contributed by atoms with Crippen LogP contribution in [0.5, 0.6) is 0 Å². The van der Waals surface area contributed by atoms with E-state index in [0.717, 1.165) is 36.0 Å². The molecule has 0 saturated heterocycles. The third-order valence-electron chi connectivity index (χ3n) is 4.47. The van der Waals surface area contributed by atoms with Gasteiger partial charge in [0, 0.05) is 17.1 Å². The van der Waals surface area contributed by atoms with Gasteiger partial charge in [-0.3, -0.25) is 0 Å². The molecule has 2 unspecified atom stereocenters. The summed E-state index contributed by atoms with van der Waals surface area (Å²) in [5.41, 5.74) is 3.27. The molecule has 0 bridgehead atoms. The average Bonchev–Trinajstić information content (AvgIpc) is 3.12. The molecular weight excluding hydrogens is 258 g/mol. The van der Waals surface area contributed by atoms with E-state index in [2.05, 4.69) is 36.4 Å². The summed E-state index contributed by atoms with van der Waals surface area (Å²) >= 11 is 0. The maximum atomic E-state index is 9.05. The third kappa shape index (κ3) is 3.11. The summed E-state index contributed by atoms with van der Waals surface area (Å²) in [6, 6.07) is 8.13. The molecule has 1 aromatic carbocycles. The number of fused-ring (bicyclic) bond motifs is 1. The van der Waals surface area contributed by atoms with Crippen molar-refractivity contribution in [3.05, 3.63) is 35.5 Å². The first-order valence-corrected chi connectivity index (χ1v) is 7.91. The number of aromatic amines is 1. The van der Waals surface area contributed by atoms with E-state index < -0.39 is 0 Å². The van der Waals surface area contributed by atoms with E-state index in [1.165, 1.54) is 23.8 Å². The number of hydrogen-bond acceptors (Lipinski definition) is 2. The van der Waals surface area contributed by atoms with E-state index in [0.29, 0.717) is 5.92 Å². The molecule has 3 nitrogen and oxygen atoms in total. The quantitative estimate of drug-likeness (QED) is 0.792. The van der Waals surface area contributed by atoms with Crippen molar-refractivity contribution >= 4 is 10.9 Å². The Balaban J connectivity index is 1.63. The van der Waals surface area contributed by atoms with Gasteiger partial charge in [-0.05, 0) is 67.4 Å². The first-order valence-electron chi connectivity index (χ1n) is 7.91. The van der Waals surface area contributed by atoms with Gasteiger partial charge in [0.25, 0.3) is 0 Å². The average molecular weight is 281 g/mol. The SMILES string of the molecule is CC(C)CCNCC1CC1c1c[nH]c2ccc(C#N)cc12. The van der Waals surface area contributed by atoms with E-state index >= 15 is 0 Å². The van der Waals surface area contributed by atoms with E-state index in [-0.39, 0.29) is 0 Å². The molecular formula is C18H23N3. The van der Waals surface area contributed by atoms with Gasteiger partial charge < -0.3 is 10.3 Å². The molecule has 0 spiro atoms. The van der Waals surface area contributed by atoms with E-state index in [1.807, 2.05) is 18.2 Å². The van der Waals surface area contributed by atoms with Crippen LogP contribution in [0.4, 0.5) is 0 Å². The van der Waals surface area contributed by atoms with Crippen LogP contribution in [0, 0.1) is 23.2 Å². The molecule has 2 N–H and O–H groups in total. The molecule has 3 rings (SSSR count). The van der Waals surface area contributed by atoms with Crippen LogP contribution < -0.4 is 5.32 Å². The predicted molar refractivity (Wildman–Crippen MR) is 86.2 cm³/mol. The number of nitriles is 1. The molecule has 1 saturated carbocycles. The minimum atomic E-state index is 0.652. The highest BCUT2D eigenvalue weighted by molar-refractivity contribution is 5.85. The molecule has 1 aliphatic carbocycles. The molecule has 3 heteroatoms. The Kier molecular flexibility index (Phi) is 3.98. The summed E-state index contributed by atoms with van der Waals surface area (Å²) in [6.45, 7) is 6.76. The summed E-state index contributed by atoms with van der Waals surface area (Å²) in [7, 11) is 0. The number of nitrogens with one attached hydrogen (secondary N) is 2. The molecule has 1 fully saturated rings. The van der Waals surface area contributed by atoms with Crippen molar-refractivity contribution in [2.75, 3.05) is 13.1 Å². The summed E-state index contributed by atoms with van der Waals surface area (Å²) in [5, 5.41) is 13.9.